The Morgan fingerprint density at radius 1 is 0.562 bits per heavy atom. The monoisotopic (exact) mass is 435 g/mol. The Morgan fingerprint density at radius 2 is 0.875 bits per heavy atom. The van der Waals surface area contributed by atoms with Gasteiger partial charge < -0.3 is 5.21 Å². The van der Waals surface area contributed by atoms with Crippen LogP contribution in [0.5, 0.6) is 0 Å². The largest absolute Gasteiger partial charge is 0.314 e. The van der Waals surface area contributed by atoms with Gasteiger partial charge in [0.05, 0.1) is 22.3 Å². The first kappa shape index (κ1) is 21.9. The third kappa shape index (κ3) is 4.19. The van der Waals surface area contributed by atoms with E-state index in [1.807, 2.05) is 0 Å². The fourth-order valence-electron chi connectivity index (χ4n) is 4.12. The zero-order valence-corrected chi connectivity index (χ0v) is 17.7. The van der Waals surface area contributed by atoms with E-state index in [-0.39, 0.29) is 23.6 Å². The molecule has 2 aromatic carbocycles. The van der Waals surface area contributed by atoms with Gasteiger partial charge in [0, 0.05) is 26.2 Å². The van der Waals surface area contributed by atoms with Crippen molar-refractivity contribution >= 4 is 23.6 Å². The molecule has 0 aliphatic carbocycles. The van der Waals surface area contributed by atoms with Gasteiger partial charge in [-0.2, -0.15) is 5.06 Å². The van der Waals surface area contributed by atoms with Crippen LogP contribution in [0.1, 0.15) is 67.1 Å². The average Bonchev–Trinajstić information content (AvgIpc) is 3.20. The number of carbonyl (C=O) groups is 4. The highest BCUT2D eigenvalue weighted by atomic mass is 16.5. The lowest BCUT2D eigenvalue weighted by Crippen LogP contribution is -2.32. The van der Waals surface area contributed by atoms with E-state index in [9.17, 15) is 24.4 Å². The Kier molecular flexibility index (Phi) is 6.43. The fraction of sp³-hybridized carbons (Fsp3) is 0.333. The highest BCUT2D eigenvalue weighted by molar-refractivity contribution is 6.22. The second-order valence-corrected chi connectivity index (χ2v) is 7.98. The van der Waals surface area contributed by atoms with E-state index in [0.29, 0.717) is 74.1 Å². The van der Waals surface area contributed by atoms with E-state index in [1.165, 1.54) is 14.9 Å². The molecule has 0 spiro atoms. The van der Waals surface area contributed by atoms with Crippen LogP contribution < -0.4 is 0 Å². The molecule has 4 amide bonds. The first-order valence-corrected chi connectivity index (χ1v) is 10.8. The number of nitrogens with zero attached hydrogens (tertiary/aromatic N) is 3. The van der Waals surface area contributed by atoms with E-state index < -0.39 is 0 Å². The van der Waals surface area contributed by atoms with Crippen LogP contribution in [0.4, 0.5) is 0 Å². The molecule has 2 aromatic rings. The first-order valence-electron chi connectivity index (χ1n) is 10.8. The summed E-state index contributed by atoms with van der Waals surface area (Å²) in [6, 6.07) is 13.6. The van der Waals surface area contributed by atoms with Crippen molar-refractivity contribution in [2.24, 2.45) is 0 Å². The number of imide groups is 2. The molecule has 2 heterocycles. The van der Waals surface area contributed by atoms with Crippen molar-refractivity contribution in [1.29, 1.82) is 0 Å². The van der Waals surface area contributed by atoms with Crippen molar-refractivity contribution in [3.8, 4) is 0 Å². The van der Waals surface area contributed by atoms with Crippen molar-refractivity contribution < 1.29 is 24.4 Å². The molecule has 8 heteroatoms. The molecule has 4 rings (SSSR count). The molecule has 0 bridgehead atoms. The highest BCUT2D eigenvalue weighted by Crippen LogP contribution is 2.23. The summed E-state index contributed by atoms with van der Waals surface area (Å²) in [5.74, 6) is -1.06. The lowest BCUT2D eigenvalue weighted by atomic mass is 10.1. The summed E-state index contributed by atoms with van der Waals surface area (Å²) in [6.45, 7) is 1.46. The zero-order valence-electron chi connectivity index (χ0n) is 17.7. The molecule has 1 N–H and O–H groups in total. The van der Waals surface area contributed by atoms with Crippen LogP contribution in [0.3, 0.4) is 0 Å². The predicted molar refractivity (Wildman–Crippen MR) is 115 cm³/mol. The van der Waals surface area contributed by atoms with Gasteiger partial charge in [0.2, 0.25) is 0 Å². The van der Waals surface area contributed by atoms with Crippen LogP contribution in [-0.2, 0) is 0 Å². The number of amides is 4. The van der Waals surface area contributed by atoms with Gasteiger partial charge in [-0.1, -0.05) is 24.3 Å². The minimum Gasteiger partial charge on any atom is -0.314 e. The third-order valence-corrected chi connectivity index (χ3v) is 5.85. The highest BCUT2D eigenvalue weighted by Gasteiger charge is 2.35. The number of hydrogen-bond acceptors (Lipinski definition) is 6. The minimum atomic E-state index is -0.264. The van der Waals surface area contributed by atoms with Gasteiger partial charge >= 0.3 is 0 Å². The molecule has 0 saturated heterocycles. The summed E-state index contributed by atoms with van der Waals surface area (Å²) in [4.78, 5) is 51.8. The van der Waals surface area contributed by atoms with Crippen molar-refractivity contribution in [3.63, 3.8) is 0 Å². The lowest BCUT2D eigenvalue weighted by molar-refractivity contribution is -0.0925. The number of benzene rings is 2. The van der Waals surface area contributed by atoms with E-state index in [0.717, 1.165) is 0 Å². The molecular weight excluding hydrogens is 410 g/mol. The third-order valence-electron chi connectivity index (χ3n) is 5.85. The van der Waals surface area contributed by atoms with Crippen LogP contribution in [0.15, 0.2) is 48.5 Å². The van der Waals surface area contributed by atoms with Gasteiger partial charge in [-0.25, -0.2) is 0 Å². The van der Waals surface area contributed by atoms with E-state index in [1.54, 1.807) is 48.5 Å². The summed E-state index contributed by atoms with van der Waals surface area (Å²) in [5, 5.41) is 11.3. The number of hydroxylamine groups is 2. The van der Waals surface area contributed by atoms with Gasteiger partial charge in [-0.05, 0) is 49.9 Å². The Balaban J connectivity index is 1.12. The van der Waals surface area contributed by atoms with Crippen LogP contribution in [0, 0.1) is 0 Å². The van der Waals surface area contributed by atoms with E-state index in [4.69, 9.17) is 0 Å². The summed E-state index contributed by atoms with van der Waals surface area (Å²) in [5.41, 5.74) is 1.78. The summed E-state index contributed by atoms with van der Waals surface area (Å²) in [7, 11) is 0. The number of carbonyl (C=O) groups excluding carboxylic acids is 4. The summed E-state index contributed by atoms with van der Waals surface area (Å²) >= 11 is 0. The maximum atomic E-state index is 12.3. The Hall–Kier alpha value is -3.36. The second-order valence-electron chi connectivity index (χ2n) is 7.98. The molecule has 0 atom stereocenters. The van der Waals surface area contributed by atoms with Gasteiger partial charge in [0.25, 0.3) is 23.6 Å². The standard InChI is InChI=1S/C24H25N3O5/c28-21-17-9-1-2-10-18(17)22(29)26(21)15-7-5-13-25(32)14-6-8-16-27-23(30)19-11-3-4-12-20(19)24(27)31/h1-4,9-12,32H,5-8,13-16H2. The van der Waals surface area contributed by atoms with Crippen molar-refractivity contribution in [3.05, 3.63) is 70.8 Å². The molecule has 0 fully saturated rings. The number of unbranched alkanes of at least 4 members (excludes halogenated alkanes) is 2. The molecule has 2 aliphatic heterocycles. The quantitative estimate of drug-likeness (QED) is 0.350. The zero-order chi connectivity index (χ0) is 22.7. The van der Waals surface area contributed by atoms with Crippen LogP contribution >= 0.6 is 0 Å². The molecule has 0 radical (unpaired) electrons. The van der Waals surface area contributed by atoms with Gasteiger partial charge in [0.1, 0.15) is 0 Å². The number of rotatable bonds is 10. The van der Waals surface area contributed by atoms with Gasteiger partial charge in [0.15, 0.2) is 0 Å². The Bertz CT molecular complexity index is 914. The van der Waals surface area contributed by atoms with Crippen LogP contribution in [-0.4, -0.2) is 69.9 Å². The molecule has 0 unspecified atom stereocenters. The summed E-state index contributed by atoms with van der Waals surface area (Å²) < 4.78 is 0. The first-order chi connectivity index (χ1) is 15.5. The van der Waals surface area contributed by atoms with E-state index in [2.05, 4.69) is 0 Å². The number of fused-ring (bicyclic) bond motifs is 2. The van der Waals surface area contributed by atoms with E-state index >= 15 is 0 Å². The Morgan fingerprint density at radius 3 is 1.19 bits per heavy atom. The second kappa shape index (κ2) is 9.42. The minimum absolute atomic E-state index is 0.264. The predicted octanol–water partition coefficient (Wildman–Crippen LogP) is 2.83. The normalized spacial score (nSPS) is 15.2. The number of hydrogen-bond donors (Lipinski definition) is 1. The van der Waals surface area contributed by atoms with Crippen molar-refractivity contribution in [2.75, 3.05) is 26.2 Å². The molecule has 166 valence electrons. The van der Waals surface area contributed by atoms with Gasteiger partial charge in [-0.15, -0.1) is 0 Å². The average molecular weight is 435 g/mol. The van der Waals surface area contributed by atoms with Crippen LogP contribution in [0.25, 0.3) is 0 Å². The molecular formula is C24H25N3O5. The fourth-order valence-corrected chi connectivity index (χ4v) is 4.12. The SMILES string of the molecule is O=C1c2ccccc2C(=O)N1CCCCN(O)CCCCN1C(=O)c2ccccc2C1=O. The molecule has 0 saturated carbocycles. The molecule has 2 aliphatic rings. The summed E-state index contributed by atoms with van der Waals surface area (Å²) in [6.07, 6.45) is 2.44. The van der Waals surface area contributed by atoms with Crippen molar-refractivity contribution in [2.45, 2.75) is 25.7 Å². The maximum absolute atomic E-state index is 12.3. The van der Waals surface area contributed by atoms with Crippen LogP contribution in [0.2, 0.25) is 0 Å². The van der Waals surface area contributed by atoms with Crippen molar-refractivity contribution in [1.82, 2.24) is 14.9 Å². The molecule has 32 heavy (non-hydrogen) atoms. The Labute approximate surface area is 186 Å². The topological polar surface area (TPSA) is 98.2 Å². The molecule has 8 nitrogen and oxygen atoms in total. The smallest absolute Gasteiger partial charge is 0.261 e. The molecule has 0 aromatic heterocycles. The lowest BCUT2D eigenvalue weighted by Gasteiger charge is -2.18. The maximum Gasteiger partial charge on any atom is 0.261 e. The van der Waals surface area contributed by atoms with Gasteiger partial charge in [-0.3, -0.25) is 29.0 Å².